The van der Waals surface area contributed by atoms with Gasteiger partial charge >= 0.3 is 0 Å². The van der Waals surface area contributed by atoms with E-state index in [9.17, 15) is 0 Å². The highest BCUT2D eigenvalue weighted by Crippen LogP contribution is 2.48. The van der Waals surface area contributed by atoms with Gasteiger partial charge in [0.2, 0.25) is 0 Å². The Morgan fingerprint density at radius 2 is 0.317 bits per heavy atom. The molecule has 0 fully saturated rings. The van der Waals surface area contributed by atoms with Crippen molar-refractivity contribution in [3.8, 4) is 103 Å². The van der Waals surface area contributed by atoms with Gasteiger partial charge in [0.1, 0.15) is 0 Å². The van der Waals surface area contributed by atoms with E-state index in [2.05, 4.69) is 485 Å². The van der Waals surface area contributed by atoms with Gasteiger partial charge in [0, 0.05) is 127 Å². The van der Waals surface area contributed by atoms with Crippen molar-refractivity contribution >= 4 is 159 Å². The van der Waals surface area contributed by atoms with E-state index in [0.29, 0.717) is 0 Å². The van der Waals surface area contributed by atoms with Gasteiger partial charge in [-0.1, -0.05) is 223 Å². The molecule has 20 rings (SSSR count). The van der Waals surface area contributed by atoms with Crippen LogP contribution in [0.25, 0.3) is 103 Å². The van der Waals surface area contributed by atoms with Crippen molar-refractivity contribution in [1.82, 2.24) is 0 Å². The van der Waals surface area contributed by atoms with E-state index in [1.54, 1.807) is 45.3 Å². The zero-order chi connectivity index (χ0) is 85.8. The van der Waals surface area contributed by atoms with Crippen LogP contribution in [0.15, 0.2) is 410 Å². The average Bonchev–Trinajstić information content (AvgIpc) is 1.61. The zero-order valence-electron chi connectivity index (χ0n) is 71.3. The van der Waals surface area contributed by atoms with Gasteiger partial charge in [-0.2, -0.15) is 0 Å². The van der Waals surface area contributed by atoms with Crippen LogP contribution in [0.1, 0.15) is 63.8 Å². The number of thiophene rings is 8. The molecule has 0 aliphatic heterocycles. The molecule has 0 N–H and O–H groups in total. The van der Waals surface area contributed by atoms with Crippen LogP contribution < -0.4 is 19.6 Å². The minimum absolute atomic E-state index is 0.0384. The van der Waals surface area contributed by atoms with Crippen molar-refractivity contribution in [2.75, 3.05) is 19.6 Å². The number of nitrogens with zero attached hydrogens (tertiary/aromatic N) is 4. The number of anilines is 12. The van der Waals surface area contributed by atoms with E-state index < -0.39 is 0 Å². The first kappa shape index (κ1) is 83.0. The molecule has 0 aliphatic carbocycles. The summed E-state index contributed by atoms with van der Waals surface area (Å²) < 4.78 is 0. The molecule has 616 valence electrons. The molecule has 0 spiro atoms. The minimum atomic E-state index is 0.0384. The van der Waals surface area contributed by atoms with E-state index in [0.717, 1.165) is 84.9 Å². The summed E-state index contributed by atoms with van der Waals surface area (Å²) in [6, 6.07) is 143. The summed E-state index contributed by atoms with van der Waals surface area (Å²) in [6.45, 7) is 17.9. The number of benzene rings is 12. The van der Waals surface area contributed by atoms with Gasteiger partial charge in [-0.15, -0.1) is 90.7 Å². The van der Waals surface area contributed by atoms with Gasteiger partial charge in [-0.05, 0) is 320 Å². The molecule has 0 amide bonds. The molecule has 8 aromatic heterocycles. The maximum Gasteiger partial charge on any atom is 0.0462 e. The number of hydrogen-bond donors (Lipinski definition) is 0. The molecule has 8 heterocycles. The lowest BCUT2D eigenvalue weighted by atomic mass is 9.87. The standard InChI is InChI=1S/C79H67N3S4.C35H25NS4/c1-54-12-30-63(31-13-54)80(70-44-26-61(27-45-70)78(2,3)4)64-32-14-55(15-33-64)57-18-36-66(37-19-57)82(71-46-28-62(29-47-71)79(5,6)7)67-38-20-58(21-39-67)56-16-34-65(35-17-56)81(68-40-22-59(23-41-68)72-48-50-76(85-72)74-10-8-52-83-74)69-42-24-60(25-43-69)73-49-51-77(86-73)75-11-9-53-84-75;1-24-6-12-27(13-7-24)36(28-14-8-25(9-15-28)30-18-20-34(39-30)32-4-2-22-37-32)29-16-10-26(11-17-29)31-19-21-35(40-31)33-5-3-23-38-33/h8-53H,1-7H3;2-23H,1H3. The summed E-state index contributed by atoms with van der Waals surface area (Å²) in [5.41, 5.74) is 28.2. The summed E-state index contributed by atoms with van der Waals surface area (Å²) >= 11 is 14.6. The summed E-state index contributed by atoms with van der Waals surface area (Å²) in [7, 11) is 0. The number of hydrogen-bond acceptors (Lipinski definition) is 12. The van der Waals surface area contributed by atoms with Crippen LogP contribution in [0.5, 0.6) is 0 Å². The molecule has 4 nitrogen and oxygen atoms in total. The molecule has 20 aromatic rings. The van der Waals surface area contributed by atoms with Crippen molar-refractivity contribution in [1.29, 1.82) is 0 Å². The number of aryl methyl sites for hydroxylation is 2. The fourth-order valence-corrected chi connectivity index (χ4v) is 23.3. The van der Waals surface area contributed by atoms with Crippen LogP contribution in [0.3, 0.4) is 0 Å². The predicted molar refractivity (Wildman–Crippen MR) is 556 cm³/mol. The SMILES string of the molecule is Cc1ccc(N(c2ccc(-c3ccc(-c4cccs4)s3)cc2)c2ccc(-c3ccc(-c4cccs4)s3)cc2)cc1.Cc1ccc(N(c2ccc(-c3ccc(N(c4ccc(-c5ccc(N(c6ccc(-c7ccc(-c8cccs8)s7)cc6)c6ccc(-c7ccc(-c8cccs8)s7)cc6)cc5)cc4)c4ccc(C(C)(C)C)cc4)cc3)cc2)c2ccc(C(C)(C)C)cc2)cc1. The highest BCUT2D eigenvalue weighted by Gasteiger charge is 2.23. The smallest absolute Gasteiger partial charge is 0.0462 e. The second kappa shape index (κ2) is 36.6. The van der Waals surface area contributed by atoms with E-state index in [1.165, 1.54) is 109 Å². The third-order valence-electron chi connectivity index (χ3n) is 22.9. The van der Waals surface area contributed by atoms with Crippen LogP contribution >= 0.6 is 90.7 Å². The molecule has 12 heteroatoms. The van der Waals surface area contributed by atoms with E-state index >= 15 is 0 Å². The maximum absolute atomic E-state index is 2.37. The Balaban J connectivity index is 0.000000215. The Labute approximate surface area is 772 Å². The van der Waals surface area contributed by atoms with E-state index in [4.69, 9.17) is 0 Å². The van der Waals surface area contributed by atoms with Gasteiger partial charge in [-0.3, -0.25) is 0 Å². The molecule has 0 radical (unpaired) electrons. The fraction of sp³-hybridized carbons (Fsp3) is 0.0877. The summed E-state index contributed by atoms with van der Waals surface area (Å²) in [4.78, 5) is 25.1. The molecule has 126 heavy (non-hydrogen) atoms. The molecule has 0 unspecified atom stereocenters. The van der Waals surface area contributed by atoms with Gasteiger partial charge in [-0.25, -0.2) is 0 Å². The Bertz CT molecular complexity index is 6700. The Morgan fingerprint density at radius 3 is 0.484 bits per heavy atom. The zero-order valence-corrected chi connectivity index (χ0v) is 77.8. The first-order chi connectivity index (χ1) is 61.5. The van der Waals surface area contributed by atoms with Gasteiger partial charge in [0.15, 0.2) is 0 Å². The normalized spacial score (nSPS) is 11.5. The molecule has 0 saturated carbocycles. The first-order valence-corrected chi connectivity index (χ1v) is 49.2. The molecule has 0 bridgehead atoms. The first-order valence-electron chi connectivity index (χ1n) is 42.4. The van der Waals surface area contributed by atoms with Crippen LogP contribution in [0.2, 0.25) is 0 Å². The quantitative estimate of drug-likeness (QED) is 0.0670. The number of rotatable bonds is 22. The van der Waals surface area contributed by atoms with Crippen molar-refractivity contribution in [2.45, 2.75) is 66.2 Å². The Kier molecular flexibility index (Phi) is 24.1. The predicted octanol–water partition coefficient (Wildman–Crippen LogP) is 37.6. The topological polar surface area (TPSA) is 13.0 Å². The Hall–Kier alpha value is -12.6. The highest BCUT2D eigenvalue weighted by atomic mass is 32.1. The lowest BCUT2D eigenvalue weighted by Crippen LogP contribution is -2.13. The highest BCUT2D eigenvalue weighted by molar-refractivity contribution is 7.25. The minimum Gasteiger partial charge on any atom is -0.311 e. The lowest BCUT2D eigenvalue weighted by molar-refractivity contribution is 0.590. The Morgan fingerprint density at radius 1 is 0.159 bits per heavy atom. The third kappa shape index (κ3) is 18.4. The van der Waals surface area contributed by atoms with Gasteiger partial charge in [0.05, 0.1) is 0 Å². The fourth-order valence-electron chi connectivity index (χ4n) is 15.9. The van der Waals surface area contributed by atoms with Crippen molar-refractivity contribution in [3.05, 3.63) is 432 Å². The second-order valence-electron chi connectivity index (χ2n) is 33.5. The lowest BCUT2D eigenvalue weighted by Gasteiger charge is -2.28. The van der Waals surface area contributed by atoms with Gasteiger partial charge < -0.3 is 19.6 Å². The summed E-state index contributed by atoms with van der Waals surface area (Å²) in [5.74, 6) is 0. The summed E-state index contributed by atoms with van der Waals surface area (Å²) in [5, 5.41) is 8.57. The third-order valence-corrected chi connectivity index (χ3v) is 31.7. The van der Waals surface area contributed by atoms with Crippen molar-refractivity contribution < 1.29 is 0 Å². The molecular formula is C114H92N4S8. The molecule has 0 atom stereocenters. The summed E-state index contributed by atoms with van der Waals surface area (Å²) in [6.07, 6.45) is 0. The molecule has 0 aliphatic rings. The average molecular weight is 1770 g/mol. The second-order valence-corrected chi connectivity index (χ2v) is 41.7. The largest absolute Gasteiger partial charge is 0.311 e. The van der Waals surface area contributed by atoms with Crippen molar-refractivity contribution in [3.63, 3.8) is 0 Å². The van der Waals surface area contributed by atoms with Crippen LogP contribution in [-0.4, -0.2) is 0 Å². The van der Waals surface area contributed by atoms with Crippen LogP contribution in [0, 0.1) is 13.8 Å². The monoisotopic (exact) mass is 1770 g/mol. The molecular weight excluding hydrogens is 1680 g/mol. The van der Waals surface area contributed by atoms with Crippen LogP contribution in [0.4, 0.5) is 68.2 Å². The van der Waals surface area contributed by atoms with E-state index in [-0.39, 0.29) is 10.8 Å². The van der Waals surface area contributed by atoms with Gasteiger partial charge in [0.25, 0.3) is 0 Å². The molecule has 0 saturated heterocycles. The maximum atomic E-state index is 2.37. The molecule has 12 aromatic carbocycles. The van der Waals surface area contributed by atoms with Crippen molar-refractivity contribution in [2.24, 2.45) is 0 Å². The van der Waals surface area contributed by atoms with Crippen LogP contribution in [-0.2, 0) is 10.8 Å². The van der Waals surface area contributed by atoms with E-state index in [1.807, 2.05) is 45.3 Å².